The van der Waals surface area contributed by atoms with Crippen LogP contribution < -0.4 is 18.7 Å². The summed E-state index contributed by atoms with van der Waals surface area (Å²) >= 11 is 0. The maximum absolute atomic E-state index is 13.7. The third-order valence-electron chi connectivity index (χ3n) is 6.78. The van der Waals surface area contributed by atoms with Gasteiger partial charge < -0.3 is 19.3 Å². The highest BCUT2D eigenvalue weighted by molar-refractivity contribution is 7.92. The summed E-state index contributed by atoms with van der Waals surface area (Å²) in [5.74, 6) is 1.77. The lowest BCUT2D eigenvalue weighted by molar-refractivity contribution is -0.129. The fourth-order valence-corrected chi connectivity index (χ4v) is 6.00. The van der Waals surface area contributed by atoms with Gasteiger partial charge in [0.15, 0.2) is 0 Å². The fraction of sp³-hybridized carbons (Fsp3) is 0.194. The van der Waals surface area contributed by atoms with Gasteiger partial charge in [-0.15, -0.1) is 0 Å². The predicted octanol–water partition coefficient (Wildman–Crippen LogP) is 5.03. The summed E-state index contributed by atoms with van der Waals surface area (Å²) < 4.78 is 39.7. The minimum absolute atomic E-state index is 0.122. The summed E-state index contributed by atoms with van der Waals surface area (Å²) in [6.45, 7) is 1.98. The molecule has 9 heteroatoms. The van der Waals surface area contributed by atoms with Gasteiger partial charge in [-0.1, -0.05) is 36.4 Å². The third-order valence-corrected chi connectivity index (χ3v) is 8.57. The van der Waals surface area contributed by atoms with Crippen molar-refractivity contribution in [3.8, 4) is 17.2 Å². The zero-order valence-corrected chi connectivity index (χ0v) is 23.0. The summed E-state index contributed by atoms with van der Waals surface area (Å²) in [6, 6.07) is 32.0. The lowest BCUT2D eigenvalue weighted by atomic mass is 10.2. The molecular weight excluding hydrogens is 526 g/mol. The summed E-state index contributed by atoms with van der Waals surface area (Å²) in [5.41, 5.74) is 1.44. The van der Waals surface area contributed by atoms with Gasteiger partial charge in [0.1, 0.15) is 23.8 Å². The number of piperazine rings is 1. The number of anilines is 2. The Bertz CT molecular complexity index is 1510. The lowest BCUT2D eigenvalue weighted by Crippen LogP contribution is -2.52. The number of para-hydroxylation sites is 1. The lowest BCUT2D eigenvalue weighted by Gasteiger charge is -2.37. The van der Waals surface area contributed by atoms with Gasteiger partial charge in [0.25, 0.3) is 10.0 Å². The van der Waals surface area contributed by atoms with Crippen LogP contribution in [-0.4, -0.2) is 59.1 Å². The number of sulfonamides is 1. The van der Waals surface area contributed by atoms with Crippen LogP contribution in [0.1, 0.15) is 0 Å². The molecule has 206 valence electrons. The smallest absolute Gasteiger partial charge is 0.264 e. The van der Waals surface area contributed by atoms with Crippen molar-refractivity contribution in [1.82, 2.24) is 4.90 Å². The number of amides is 1. The highest BCUT2D eigenvalue weighted by atomic mass is 32.2. The first-order chi connectivity index (χ1) is 19.4. The molecule has 0 atom stereocenters. The van der Waals surface area contributed by atoms with Crippen LogP contribution in [-0.2, 0) is 14.8 Å². The van der Waals surface area contributed by atoms with E-state index in [0.717, 1.165) is 11.4 Å². The van der Waals surface area contributed by atoms with Gasteiger partial charge in [0.2, 0.25) is 5.91 Å². The van der Waals surface area contributed by atoms with Crippen LogP contribution in [0.2, 0.25) is 0 Å². The average molecular weight is 558 g/mol. The Hall–Kier alpha value is -4.50. The molecular formula is C31H31N3O5S. The molecule has 1 heterocycles. The molecule has 1 aliphatic heterocycles. The highest BCUT2D eigenvalue weighted by Crippen LogP contribution is 2.28. The number of methoxy groups -OCH3 is 1. The van der Waals surface area contributed by atoms with Crippen molar-refractivity contribution in [2.24, 2.45) is 0 Å². The minimum atomic E-state index is -4.00. The summed E-state index contributed by atoms with van der Waals surface area (Å²) in [4.78, 5) is 17.5. The zero-order chi connectivity index (χ0) is 28.0. The van der Waals surface area contributed by atoms with E-state index >= 15 is 0 Å². The van der Waals surface area contributed by atoms with E-state index in [1.807, 2.05) is 54.6 Å². The van der Waals surface area contributed by atoms with Gasteiger partial charge >= 0.3 is 0 Å². The number of ether oxygens (including phenoxy) is 2. The summed E-state index contributed by atoms with van der Waals surface area (Å²) in [5, 5.41) is 0. The first-order valence-corrected chi connectivity index (χ1v) is 14.5. The first kappa shape index (κ1) is 27.1. The van der Waals surface area contributed by atoms with Gasteiger partial charge in [0, 0.05) is 31.9 Å². The normalized spacial score (nSPS) is 13.5. The van der Waals surface area contributed by atoms with Crippen molar-refractivity contribution in [1.29, 1.82) is 0 Å². The zero-order valence-electron chi connectivity index (χ0n) is 22.2. The molecule has 0 unspecified atom stereocenters. The topological polar surface area (TPSA) is 79.4 Å². The molecule has 1 aliphatic rings. The molecule has 0 spiro atoms. The Morgan fingerprint density at radius 3 is 1.88 bits per heavy atom. The molecule has 1 amide bonds. The van der Waals surface area contributed by atoms with Gasteiger partial charge in [-0.25, -0.2) is 8.42 Å². The molecule has 4 aromatic rings. The number of carbonyl (C=O) groups excluding carboxylic acids is 1. The van der Waals surface area contributed by atoms with E-state index in [2.05, 4.69) is 4.90 Å². The Morgan fingerprint density at radius 1 is 0.725 bits per heavy atom. The molecule has 5 rings (SSSR count). The van der Waals surface area contributed by atoms with Gasteiger partial charge in [-0.3, -0.25) is 9.10 Å². The van der Waals surface area contributed by atoms with Crippen LogP contribution in [0.3, 0.4) is 0 Å². The number of hydrogen-bond donors (Lipinski definition) is 0. The number of rotatable bonds is 9. The molecule has 4 aromatic carbocycles. The van der Waals surface area contributed by atoms with Crippen molar-refractivity contribution >= 4 is 27.3 Å². The van der Waals surface area contributed by atoms with Crippen LogP contribution in [0, 0.1) is 0 Å². The SMILES string of the molecule is COc1ccc(N2CCN(C(=O)CN(c3ccc(Oc4ccccc4)cc3)S(=O)(=O)c3ccccc3)CC2)cc1. The summed E-state index contributed by atoms with van der Waals surface area (Å²) in [6.07, 6.45) is 0. The van der Waals surface area contributed by atoms with E-state index in [-0.39, 0.29) is 17.3 Å². The second-order valence-corrected chi connectivity index (χ2v) is 11.2. The predicted molar refractivity (Wildman–Crippen MR) is 156 cm³/mol. The fourth-order valence-electron chi connectivity index (χ4n) is 4.57. The monoisotopic (exact) mass is 557 g/mol. The highest BCUT2D eigenvalue weighted by Gasteiger charge is 2.30. The number of nitrogens with zero attached hydrogens (tertiary/aromatic N) is 3. The maximum atomic E-state index is 13.7. The molecule has 1 fully saturated rings. The number of benzene rings is 4. The first-order valence-electron chi connectivity index (χ1n) is 13.0. The second-order valence-electron chi connectivity index (χ2n) is 9.30. The molecule has 0 radical (unpaired) electrons. The van der Waals surface area contributed by atoms with Crippen molar-refractivity contribution in [2.45, 2.75) is 4.90 Å². The number of hydrogen-bond acceptors (Lipinski definition) is 6. The van der Waals surface area contributed by atoms with Gasteiger partial charge in [-0.2, -0.15) is 0 Å². The summed E-state index contributed by atoms with van der Waals surface area (Å²) in [7, 11) is -2.36. The molecule has 0 aromatic heterocycles. The van der Waals surface area contributed by atoms with E-state index in [9.17, 15) is 13.2 Å². The number of carbonyl (C=O) groups is 1. The molecule has 40 heavy (non-hydrogen) atoms. The van der Waals surface area contributed by atoms with E-state index in [0.29, 0.717) is 43.4 Å². The van der Waals surface area contributed by atoms with E-state index in [1.54, 1.807) is 54.5 Å². The van der Waals surface area contributed by atoms with E-state index in [4.69, 9.17) is 9.47 Å². The maximum Gasteiger partial charge on any atom is 0.264 e. The third kappa shape index (κ3) is 6.21. The minimum Gasteiger partial charge on any atom is -0.497 e. The van der Waals surface area contributed by atoms with Crippen LogP contribution >= 0.6 is 0 Å². The van der Waals surface area contributed by atoms with Crippen molar-refractivity contribution in [2.75, 3.05) is 49.0 Å². The molecule has 0 saturated carbocycles. The largest absolute Gasteiger partial charge is 0.497 e. The van der Waals surface area contributed by atoms with Crippen molar-refractivity contribution in [3.05, 3.63) is 109 Å². The van der Waals surface area contributed by atoms with Crippen LogP contribution in [0.4, 0.5) is 11.4 Å². The van der Waals surface area contributed by atoms with Crippen LogP contribution in [0.15, 0.2) is 114 Å². The Morgan fingerprint density at radius 2 is 1.27 bits per heavy atom. The molecule has 1 saturated heterocycles. The molecule has 0 aliphatic carbocycles. The van der Waals surface area contributed by atoms with Crippen molar-refractivity contribution in [3.63, 3.8) is 0 Å². The Balaban J connectivity index is 1.32. The quantitative estimate of drug-likeness (QED) is 0.287. The Kier molecular flexibility index (Phi) is 8.21. The molecule has 8 nitrogen and oxygen atoms in total. The van der Waals surface area contributed by atoms with E-state index < -0.39 is 10.0 Å². The van der Waals surface area contributed by atoms with Crippen molar-refractivity contribution < 1.29 is 22.7 Å². The standard InChI is InChI=1S/C31H31N3O5S/c1-38-27-16-12-25(13-17-27)32-20-22-33(23-21-32)31(35)24-34(40(36,37)30-10-6-3-7-11-30)26-14-18-29(19-15-26)39-28-8-4-2-5-9-28/h2-19H,20-24H2,1H3. The molecule has 0 bridgehead atoms. The average Bonchev–Trinajstić information content (AvgIpc) is 3.01. The van der Waals surface area contributed by atoms with E-state index in [1.165, 1.54) is 16.4 Å². The van der Waals surface area contributed by atoms with Gasteiger partial charge in [0.05, 0.1) is 17.7 Å². The van der Waals surface area contributed by atoms with Crippen LogP contribution in [0.5, 0.6) is 17.2 Å². The van der Waals surface area contributed by atoms with Gasteiger partial charge in [-0.05, 0) is 72.8 Å². The van der Waals surface area contributed by atoms with Crippen LogP contribution in [0.25, 0.3) is 0 Å². The molecule has 0 N–H and O–H groups in total. The second kappa shape index (κ2) is 12.1. The Labute approximate surface area is 235 Å².